The maximum atomic E-state index is 10.8. The molecule has 0 saturated heterocycles. The molecule has 5 nitrogen and oxygen atoms in total. The average Bonchev–Trinajstić information content (AvgIpc) is 2.35. The van der Waals surface area contributed by atoms with E-state index in [1.165, 1.54) is 30.0 Å². The number of rotatable bonds is 5. The maximum Gasteiger partial charge on any atom is 0.282 e. The predicted octanol–water partition coefficient (Wildman–Crippen LogP) is 2.19. The largest absolute Gasteiger partial charge is 0.396 e. The summed E-state index contributed by atoms with van der Waals surface area (Å²) in [4.78, 5) is 10.8. The maximum absolute atomic E-state index is 10.8. The van der Waals surface area contributed by atoms with Crippen LogP contribution in [0.25, 0.3) is 0 Å². The van der Waals surface area contributed by atoms with E-state index in [4.69, 9.17) is 10.4 Å². The molecule has 1 N–H and O–H groups in total. The highest BCUT2D eigenvalue weighted by atomic mass is 32.2. The first kappa shape index (κ1) is 13.5. The summed E-state index contributed by atoms with van der Waals surface area (Å²) in [6.07, 6.45) is 0. The minimum absolute atomic E-state index is 0.000796. The molecular formula is C11H12N2O3S. The molecule has 0 spiro atoms. The SMILES string of the molecule is CC(CO)CSc1cc(C#N)ccc1[N+](=O)[O-]. The zero-order chi connectivity index (χ0) is 12.8. The van der Waals surface area contributed by atoms with Crippen molar-refractivity contribution in [3.8, 4) is 6.07 Å². The van der Waals surface area contributed by atoms with E-state index < -0.39 is 4.92 Å². The molecule has 1 rings (SSSR count). The van der Waals surface area contributed by atoms with Gasteiger partial charge in [0.25, 0.3) is 5.69 Å². The first-order valence-corrected chi connectivity index (χ1v) is 5.99. The van der Waals surface area contributed by atoms with Crippen molar-refractivity contribution < 1.29 is 10.0 Å². The van der Waals surface area contributed by atoms with E-state index in [0.29, 0.717) is 16.2 Å². The second kappa shape index (κ2) is 6.23. The van der Waals surface area contributed by atoms with Gasteiger partial charge in [-0.05, 0) is 18.1 Å². The molecule has 0 aromatic heterocycles. The van der Waals surface area contributed by atoms with E-state index in [9.17, 15) is 10.1 Å². The summed E-state index contributed by atoms with van der Waals surface area (Å²) in [5.41, 5.74) is 0.397. The minimum Gasteiger partial charge on any atom is -0.396 e. The molecule has 0 fully saturated rings. The number of aliphatic hydroxyl groups excluding tert-OH is 1. The molecule has 0 heterocycles. The van der Waals surface area contributed by atoms with Gasteiger partial charge in [0.15, 0.2) is 0 Å². The molecule has 0 radical (unpaired) electrons. The van der Waals surface area contributed by atoms with Gasteiger partial charge in [-0.15, -0.1) is 11.8 Å². The average molecular weight is 252 g/mol. The number of nitro groups is 1. The number of nitriles is 1. The van der Waals surface area contributed by atoms with Crippen molar-refractivity contribution >= 4 is 17.4 Å². The summed E-state index contributed by atoms with van der Waals surface area (Å²) in [6, 6.07) is 6.22. The summed E-state index contributed by atoms with van der Waals surface area (Å²) >= 11 is 1.28. The molecular weight excluding hydrogens is 240 g/mol. The number of nitrogens with zero attached hydrogens (tertiary/aromatic N) is 2. The van der Waals surface area contributed by atoms with Crippen LogP contribution < -0.4 is 0 Å². The van der Waals surface area contributed by atoms with E-state index in [1.807, 2.05) is 13.0 Å². The molecule has 1 atom stereocenters. The predicted molar refractivity (Wildman–Crippen MR) is 64.8 cm³/mol. The number of hydrogen-bond donors (Lipinski definition) is 1. The smallest absolute Gasteiger partial charge is 0.282 e. The van der Waals surface area contributed by atoms with Crippen LogP contribution in [0.2, 0.25) is 0 Å². The Bertz CT molecular complexity index is 457. The fourth-order valence-electron chi connectivity index (χ4n) is 1.13. The third-order valence-corrected chi connectivity index (χ3v) is 3.49. The van der Waals surface area contributed by atoms with Crippen molar-refractivity contribution in [2.75, 3.05) is 12.4 Å². The first-order valence-electron chi connectivity index (χ1n) is 5.00. The lowest BCUT2D eigenvalue weighted by Crippen LogP contribution is -2.03. The lowest BCUT2D eigenvalue weighted by atomic mass is 10.2. The summed E-state index contributed by atoms with van der Waals surface area (Å²) in [6.45, 7) is 1.89. The topological polar surface area (TPSA) is 87.2 Å². The van der Waals surface area contributed by atoms with Crippen molar-refractivity contribution in [3.05, 3.63) is 33.9 Å². The summed E-state index contributed by atoms with van der Waals surface area (Å²) in [5, 5.41) is 28.4. The zero-order valence-corrected chi connectivity index (χ0v) is 10.1. The molecule has 1 aromatic rings. The Morgan fingerprint density at radius 2 is 2.35 bits per heavy atom. The van der Waals surface area contributed by atoms with E-state index >= 15 is 0 Å². The molecule has 0 aliphatic rings. The Morgan fingerprint density at radius 3 is 2.88 bits per heavy atom. The number of hydrogen-bond acceptors (Lipinski definition) is 5. The Labute approximate surface area is 103 Å². The Balaban J connectivity index is 2.94. The van der Waals surface area contributed by atoms with Crippen LogP contribution in [0, 0.1) is 27.4 Å². The van der Waals surface area contributed by atoms with E-state index in [2.05, 4.69) is 0 Å². The molecule has 1 unspecified atom stereocenters. The molecule has 6 heteroatoms. The number of nitro benzene ring substituents is 1. The molecule has 90 valence electrons. The summed E-state index contributed by atoms with van der Waals surface area (Å²) < 4.78 is 0. The van der Waals surface area contributed by atoms with Crippen LogP contribution in [0.15, 0.2) is 23.1 Å². The third-order valence-electron chi connectivity index (χ3n) is 2.12. The number of aliphatic hydroxyl groups is 1. The van der Waals surface area contributed by atoms with Crippen LogP contribution in [-0.4, -0.2) is 22.4 Å². The van der Waals surface area contributed by atoms with Crippen LogP contribution in [0.3, 0.4) is 0 Å². The minimum atomic E-state index is -0.465. The Hall–Kier alpha value is -1.58. The van der Waals surface area contributed by atoms with Crippen LogP contribution in [-0.2, 0) is 0 Å². The van der Waals surface area contributed by atoms with E-state index in [-0.39, 0.29) is 18.2 Å². The molecule has 0 aliphatic carbocycles. The van der Waals surface area contributed by atoms with Gasteiger partial charge in [-0.1, -0.05) is 6.92 Å². The van der Waals surface area contributed by atoms with Gasteiger partial charge < -0.3 is 5.11 Å². The quantitative estimate of drug-likeness (QED) is 0.493. The van der Waals surface area contributed by atoms with Gasteiger partial charge in [-0.3, -0.25) is 10.1 Å². The van der Waals surface area contributed by atoms with Crippen LogP contribution >= 0.6 is 11.8 Å². The van der Waals surface area contributed by atoms with Crippen molar-refractivity contribution in [2.24, 2.45) is 5.92 Å². The van der Waals surface area contributed by atoms with Crippen molar-refractivity contribution in [1.29, 1.82) is 5.26 Å². The van der Waals surface area contributed by atoms with Gasteiger partial charge in [0.1, 0.15) is 0 Å². The lowest BCUT2D eigenvalue weighted by Gasteiger charge is -2.07. The highest BCUT2D eigenvalue weighted by Crippen LogP contribution is 2.31. The van der Waals surface area contributed by atoms with Gasteiger partial charge in [-0.2, -0.15) is 5.26 Å². The van der Waals surface area contributed by atoms with E-state index in [0.717, 1.165) is 0 Å². The fraction of sp³-hybridized carbons (Fsp3) is 0.364. The van der Waals surface area contributed by atoms with Crippen molar-refractivity contribution in [3.63, 3.8) is 0 Å². The van der Waals surface area contributed by atoms with Crippen LogP contribution in [0.1, 0.15) is 12.5 Å². The van der Waals surface area contributed by atoms with Gasteiger partial charge in [0, 0.05) is 18.4 Å². The Morgan fingerprint density at radius 1 is 1.65 bits per heavy atom. The number of benzene rings is 1. The molecule has 0 aliphatic heterocycles. The number of thioether (sulfide) groups is 1. The molecule has 0 amide bonds. The van der Waals surface area contributed by atoms with Crippen molar-refractivity contribution in [1.82, 2.24) is 0 Å². The molecule has 0 bridgehead atoms. The first-order chi connectivity index (χ1) is 8.08. The standard InChI is InChI=1S/C11H12N2O3S/c1-8(6-14)7-17-11-4-9(5-12)2-3-10(11)13(15)16/h2-4,8,14H,6-7H2,1H3. The van der Waals surface area contributed by atoms with Gasteiger partial charge in [0.2, 0.25) is 0 Å². The molecule has 1 aromatic carbocycles. The van der Waals surface area contributed by atoms with Crippen LogP contribution in [0.4, 0.5) is 5.69 Å². The molecule has 17 heavy (non-hydrogen) atoms. The highest BCUT2D eigenvalue weighted by molar-refractivity contribution is 7.99. The second-order valence-electron chi connectivity index (χ2n) is 3.65. The lowest BCUT2D eigenvalue weighted by molar-refractivity contribution is -0.387. The van der Waals surface area contributed by atoms with Crippen molar-refractivity contribution in [2.45, 2.75) is 11.8 Å². The summed E-state index contributed by atoms with van der Waals surface area (Å²) in [5.74, 6) is 0.636. The van der Waals surface area contributed by atoms with Gasteiger partial charge >= 0.3 is 0 Å². The fourth-order valence-corrected chi connectivity index (χ4v) is 2.21. The van der Waals surface area contributed by atoms with Crippen LogP contribution in [0.5, 0.6) is 0 Å². The monoisotopic (exact) mass is 252 g/mol. The highest BCUT2D eigenvalue weighted by Gasteiger charge is 2.15. The molecule has 0 saturated carbocycles. The van der Waals surface area contributed by atoms with Gasteiger partial charge in [-0.25, -0.2) is 0 Å². The van der Waals surface area contributed by atoms with Gasteiger partial charge in [0.05, 0.1) is 21.5 Å². The van der Waals surface area contributed by atoms with E-state index in [1.54, 1.807) is 0 Å². The zero-order valence-electron chi connectivity index (χ0n) is 9.29. The third kappa shape index (κ3) is 3.73. The Kier molecular flexibility index (Phi) is 4.94. The second-order valence-corrected chi connectivity index (χ2v) is 4.71. The summed E-state index contributed by atoms with van der Waals surface area (Å²) in [7, 11) is 0. The normalized spacial score (nSPS) is 11.8.